The zero-order valence-electron chi connectivity index (χ0n) is 13.9. The van der Waals surface area contributed by atoms with Crippen molar-refractivity contribution >= 4 is 0 Å². The van der Waals surface area contributed by atoms with Crippen molar-refractivity contribution in [3.8, 4) is 5.75 Å². The first-order valence-corrected chi connectivity index (χ1v) is 8.63. The number of ether oxygens (including phenoxy) is 1. The number of hydrogen-bond donors (Lipinski definition) is 1. The first-order valence-electron chi connectivity index (χ1n) is 8.63. The Kier molecular flexibility index (Phi) is 6.56. The van der Waals surface area contributed by atoms with E-state index in [2.05, 4.69) is 37.4 Å². The van der Waals surface area contributed by atoms with E-state index in [1.54, 1.807) is 7.11 Å². The molecule has 2 nitrogen and oxygen atoms in total. The molecule has 1 N–H and O–H groups in total. The van der Waals surface area contributed by atoms with Gasteiger partial charge in [0, 0.05) is 17.6 Å². The van der Waals surface area contributed by atoms with Gasteiger partial charge in [0.25, 0.3) is 0 Å². The van der Waals surface area contributed by atoms with E-state index in [1.165, 1.54) is 50.5 Å². The summed E-state index contributed by atoms with van der Waals surface area (Å²) in [5.41, 5.74) is 1.27. The summed E-state index contributed by atoms with van der Waals surface area (Å²) in [7, 11) is 1.76. The van der Waals surface area contributed by atoms with Gasteiger partial charge in [0.1, 0.15) is 5.75 Å². The maximum atomic E-state index is 5.49. The third-order valence-electron chi connectivity index (χ3n) is 4.88. The highest BCUT2D eigenvalue weighted by Gasteiger charge is 2.21. The van der Waals surface area contributed by atoms with Crippen molar-refractivity contribution < 1.29 is 4.74 Å². The van der Waals surface area contributed by atoms with Crippen LogP contribution in [0.25, 0.3) is 0 Å². The Balaban J connectivity index is 1.91. The highest BCUT2D eigenvalue weighted by atomic mass is 16.5. The van der Waals surface area contributed by atoms with Crippen LogP contribution in [0.15, 0.2) is 24.3 Å². The molecule has 0 radical (unpaired) electrons. The average molecular weight is 289 g/mol. The highest BCUT2D eigenvalue weighted by Crippen LogP contribution is 2.29. The van der Waals surface area contributed by atoms with Gasteiger partial charge in [0.2, 0.25) is 0 Å². The van der Waals surface area contributed by atoms with Crippen molar-refractivity contribution in [2.45, 2.75) is 70.9 Å². The smallest absolute Gasteiger partial charge is 0.123 e. The Hall–Kier alpha value is -1.02. The van der Waals surface area contributed by atoms with Gasteiger partial charge in [-0.05, 0) is 38.2 Å². The summed E-state index contributed by atoms with van der Waals surface area (Å²) in [4.78, 5) is 0. The molecule has 2 unspecified atom stereocenters. The van der Waals surface area contributed by atoms with Gasteiger partial charge in [-0.1, -0.05) is 50.8 Å². The number of nitrogens with one attached hydrogen (secondary N) is 1. The minimum atomic E-state index is 0.355. The molecule has 0 saturated heterocycles. The Bertz CT molecular complexity index is 418. The molecule has 1 aromatic rings. The summed E-state index contributed by atoms with van der Waals surface area (Å²) in [5.74, 6) is 1.96. The summed E-state index contributed by atoms with van der Waals surface area (Å²) in [6.45, 7) is 4.57. The van der Waals surface area contributed by atoms with Gasteiger partial charge in [-0.15, -0.1) is 0 Å². The second kappa shape index (κ2) is 8.43. The van der Waals surface area contributed by atoms with Gasteiger partial charge in [-0.25, -0.2) is 0 Å². The molecule has 1 aliphatic carbocycles. The van der Waals surface area contributed by atoms with Crippen molar-refractivity contribution in [2.75, 3.05) is 7.11 Å². The van der Waals surface area contributed by atoms with Crippen LogP contribution in [0.5, 0.6) is 5.75 Å². The van der Waals surface area contributed by atoms with Crippen LogP contribution >= 0.6 is 0 Å². The van der Waals surface area contributed by atoms with Crippen LogP contribution in [0.1, 0.15) is 70.4 Å². The van der Waals surface area contributed by atoms with Crippen LogP contribution in [-0.4, -0.2) is 13.2 Å². The number of para-hydroxylation sites is 1. The molecule has 0 spiro atoms. The molecular weight excluding hydrogens is 258 g/mol. The maximum absolute atomic E-state index is 5.49. The summed E-state index contributed by atoms with van der Waals surface area (Å²) in [5, 5.41) is 3.83. The highest BCUT2D eigenvalue weighted by molar-refractivity contribution is 5.35. The van der Waals surface area contributed by atoms with Crippen LogP contribution < -0.4 is 10.1 Å². The SMILES string of the molecule is CCCC1CCCC(N[C@H](C)c2ccccc2OC)CC1. The molecule has 2 rings (SSSR count). The number of hydrogen-bond acceptors (Lipinski definition) is 2. The molecule has 1 saturated carbocycles. The normalized spacial score (nSPS) is 24.3. The number of methoxy groups -OCH3 is 1. The van der Waals surface area contributed by atoms with Gasteiger partial charge >= 0.3 is 0 Å². The van der Waals surface area contributed by atoms with Gasteiger partial charge < -0.3 is 10.1 Å². The summed E-state index contributed by atoms with van der Waals surface area (Å²) in [6, 6.07) is 9.38. The largest absolute Gasteiger partial charge is 0.496 e. The number of benzene rings is 1. The van der Waals surface area contributed by atoms with Crippen LogP contribution in [0.2, 0.25) is 0 Å². The van der Waals surface area contributed by atoms with E-state index in [0.717, 1.165) is 11.7 Å². The predicted octanol–water partition coefficient (Wildman–Crippen LogP) is 5.09. The Morgan fingerprint density at radius 3 is 2.76 bits per heavy atom. The van der Waals surface area contributed by atoms with Gasteiger partial charge in [-0.2, -0.15) is 0 Å². The van der Waals surface area contributed by atoms with E-state index < -0.39 is 0 Å². The van der Waals surface area contributed by atoms with E-state index >= 15 is 0 Å². The molecule has 21 heavy (non-hydrogen) atoms. The fraction of sp³-hybridized carbons (Fsp3) is 0.684. The van der Waals surface area contributed by atoms with Crippen LogP contribution in [0.3, 0.4) is 0 Å². The van der Waals surface area contributed by atoms with Gasteiger partial charge in [-0.3, -0.25) is 0 Å². The van der Waals surface area contributed by atoms with Gasteiger partial charge in [0.15, 0.2) is 0 Å². The minimum Gasteiger partial charge on any atom is -0.496 e. The molecule has 0 aliphatic heterocycles. The van der Waals surface area contributed by atoms with E-state index in [4.69, 9.17) is 4.74 Å². The topological polar surface area (TPSA) is 21.3 Å². The summed E-state index contributed by atoms with van der Waals surface area (Å²) < 4.78 is 5.49. The molecule has 1 aliphatic rings. The van der Waals surface area contributed by atoms with E-state index in [9.17, 15) is 0 Å². The molecule has 0 heterocycles. The van der Waals surface area contributed by atoms with Crippen LogP contribution in [-0.2, 0) is 0 Å². The lowest BCUT2D eigenvalue weighted by atomic mass is 9.95. The molecule has 118 valence electrons. The average Bonchev–Trinajstić information content (AvgIpc) is 2.73. The third-order valence-corrected chi connectivity index (χ3v) is 4.88. The van der Waals surface area contributed by atoms with E-state index in [0.29, 0.717) is 12.1 Å². The lowest BCUT2D eigenvalue weighted by Gasteiger charge is -2.24. The van der Waals surface area contributed by atoms with E-state index in [-0.39, 0.29) is 0 Å². The third kappa shape index (κ3) is 4.74. The first-order chi connectivity index (χ1) is 10.2. The predicted molar refractivity (Wildman–Crippen MR) is 89.8 cm³/mol. The summed E-state index contributed by atoms with van der Waals surface area (Å²) in [6.07, 6.45) is 9.58. The molecular formula is C19H31NO. The second-order valence-electron chi connectivity index (χ2n) is 6.49. The van der Waals surface area contributed by atoms with Crippen molar-refractivity contribution in [1.82, 2.24) is 5.32 Å². The Morgan fingerprint density at radius 1 is 1.19 bits per heavy atom. The van der Waals surface area contributed by atoms with Crippen molar-refractivity contribution in [3.63, 3.8) is 0 Å². The van der Waals surface area contributed by atoms with Crippen LogP contribution in [0.4, 0.5) is 0 Å². The molecule has 1 fully saturated rings. The lowest BCUT2D eigenvalue weighted by molar-refractivity contribution is 0.375. The fourth-order valence-corrected chi connectivity index (χ4v) is 3.71. The van der Waals surface area contributed by atoms with Crippen molar-refractivity contribution in [3.05, 3.63) is 29.8 Å². The monoisotopic (exact) mass is 289 g/mol. The molecule has 0 amide bonds. The van der Waals surface area contributed by atoms with Crippen molar-refractivity contribution in [1.29, 1.82) is 0 Å². The molecule has 0 aromatic heterocycles. The molecule has 0 bridgehead atoms. The van der Waals surface area contributed by atoms with E-state index in [1.807, 2.05) is 6.07 Å². The first kappa shape index (κ1) is 16.4. The quantitative estimate of drug-likeness (QED) is 0.736. The Morgan fingerprint density at radius 2 is 2.00 bits per heavy atom. The zero-order valence-corrected chi connectivity index (χ0v) is 13.9. The lowest BCUT2D eigenvalue weighted by Crippen LogP contribution is -2.31. The van der Waals surface area contributed by atoms with Crippen LogP contribution in [0, 0.1) is 5.92 Å². The second-order valence-corrected chi connectivity index (χ2v) is 6.49. The minimum absolute atomic E-state index is 0.355. The maximum Gasteiger partial charge on any atom is 0.123 e. The number of rotatable bonds is 6. The van der Waals surface area contributed by atoms with Crippen molar-refractivity contribution in [2.24, 2.45) is 5.92 Å². The molecule has 1 aromatic carbocycles. The molecule has 3 atom stereocenters. The molecule has 2 heteroatoms. The Labute approximate surface area is 130 Å². The fourth-order valence-electron chi connectivity index (χ4n) is 3.71. The van der Waals surface area contributed by atoms with Gasteiger partial charge in [0.05, 0.1) is 7.11 Å². The zero-order chi connectivity index (χ0) is 15.1. The standard InChI is InChI=1S/C19H31NO/c1-4-8-16-9-7-10-17(14-13-16)20-15(2)18-11-5-6-12-19(18)21-3/h5-6,11-12,15-17,20H,4,7-10,13-14H2,1-3H3/t15-,16?,17?/m1/s1. The summed E-state index contributed by atoms with van der Waals surface area (Å²) >= 11 is 0.